The van der Waals surface area contributed by atoms with Gasteiger partial charge in [0.1, 0.15) is 35.1 Å². The van der Waals surface area contributed by atoms with Crippen molar-refractivity contribution < 1.29 is 33.4 Å². The summed E-state index contributed by atoms with van der Waals surface area (Å²) in [6.07, 6.45) is 1.09. The lowest BCUT2D eigenvalue weighted by molar-refractivity contribution is -0.143. The summed E-state index contributed by atoms with van der Waals surface area (Å²) in [5.41, 5.74) is 7.88. The van der Waals surface area contributed by atoms with Gasteiger partial charge in [-0.3, -0.25) is 28.7 Å². The Morgan fingerprint density at radius 3 is 2.37 bits per heavy atom. The lowest BCUT2D eigenvalue weighted by atomic mass is 9.85. The number of aryl methyl sites for hydroxylation is 3. The summed E-state index contributed by atoms with van der Waals surface area (Å²) in [5, 5.41) is 29.8. The number of rotatable bonds is 15. The number of aliphatic imine (C=N–C) groups is 1. The van der Waals surface area contributed by atoms with Gasteiger partial charge in [-0.25, -0.2) is 9.37 Å². The highest BCUT2D eigenvalue weighted by atomic mass is 35.5. The van der Waals surface area contributed by atoms with Crippen molar-refractivity contribution in [2.24, 2.45) is 10.4 Å². The summed E-state index contributed by atoms with van der Waals surface area (Å²) in [6, 6.07) is 16.3. The lowest BCUT2D eigenvalue weighted by Crippen LogP contribution is -2.57. The molecule has 73 heavy (non-hydrogen) atoms. The smallest absolute Gasteiger partial charge is 0.246 e. The van der Waals surface area contributed by atoms with E-state index in [1.165, 1.54) is 35.3 Å². The molecule has 3 aromatic heterocycles. The van der Waals surface area contributed by atoms with Crippen LogP contribution < -0.4 is 20.7 Å². The molecule has 0 radical (unpaired) electrons. The molecule has 0 bridgehead atoms. The molecular weight excluding hydrogens is 989 g/mol. The minimum absolute atomic E-state index is 0.0402. The van der Waals surface area contributed by atoms with Crippen molar-refractivity contribution in [3.05, 3.63) is 139 Å². The van der Waals surface area contributed by atoms with Crippen LogP contribution in [0.5, 0.6) is 5.75 Å². The Bertz CT molecular complexity index is 3110. The highest BCUT2D eigenvalue weighted by Crippen LogP contribution is 2.40. The number of aliphatic hydroxyl groups is 1. The number of hydrogen-bond donors (Lipinski definition) is 4. The van der Waals surface area contributed by atoms with Gasteiger partial charge >= 0.3 is 0 Å². The molecule has 382 valence electrons. The molecule has 1 fully saturated rings. The van der Waals surface area contributed by atoms with Gasteiger partial charge in [0.2, 0.25) is 23.6 Å². The number of thiophene rings is 1. The third-order valence-corrected chi connectivity index (χ3v) is 15.5. The van der Waals surface area contributed by atoms with Crippen molar-refractivity contribution in [1.29, 1.82) is 0 Å². The first-order chi connectivity index (χ1) is 34.7. The van der Waals surface area contributed by atoms with Gasteiger partial charge in [-0.1, -0.05) is 74.8 Å². The van der Waals surface area contributed by atoms with E-state index in [1.807, 2.05) is 73.9 Å². The molecule has 0 unspecified atom stereocenters. The number of aliphatic hydroxyl groups excluding tert-OH is 1. The van der Waals surface area contributed by atoms with Gasteiger partial charge < -0.3 is 30.7 Å². The number of fused-ring (bicyclic) bond motifs is 3. The average Bonchev–Trinajstić information content (AvgIpc) is 4.12. The SMILES string of the molecule is Cc1ncsc1-c1ccc([C@H](C)NC(=O)[C@@H]2C[C@@H](O)CN2C(=O)[C@@H](NC(=O)/C=C/c2ccc(F)c(O[C@@H](C)CNC(=O)C[C@@H]3N=C(c4ccc(Cl)cc4)c4c(sc(C)c4C)-n4c(C)nnc43)c2)C(C)(C)C)cc1. The monoisotopic (exact) mass is 1050 g/mol. The quantitative estimate of drug-likeness (QED) is 0.0728. The molecule has 8 rings (SSSR count). The largest absolute Gasteiger partial charge is 0.486 e. The summed E-state index contributed by atoms with van der Waals surface area (Å²) in [4.78, 5) is 68.2. The van der Waals surface area contributed by atoms with E-state index in [1.54, 1.807) is 55.9 Å². The Balaban J connectivity index is 0.882. The molecule has 19 heteroatoms. The van der Waals surface area contributed by atoms with Crippen molar-refractivity contribution in [3.63, 3.8) is 0 Å². The molecule has 2 aliphatic heterocycles. The van der Waals surface area contributed by atoms with Crippen LogP contribution in [-0.4, -0.2) is 96.5 Å². The molecule has 15 nitrogen and oxygen atoms in total. The zero-order chi connectivity index (χ0) is 52.5. The minimum Gasteiger partial charge on any atom is -0.486 e. The number of aromatic nitrogens is 4. The number of thiazole rings is 1. The first-order valence-corrected chi connectivity index (χ1v) is 26.1. The molecule has 0 spiro atoms. The fourth-order valence-electron chi connectivity index (χ4n) is 8.99. The van der Waals surface area contributed by atoms with Gasteiger partial charge in [-0.15, -0.1) is 32.9 Å². The van der Waals surface area contributed by atoms with Crippen LogP contribution >= 0.6 is 34.3 Å². The maximum Gasteiger partial charge on any atom is 0.246 e. The van der Waals surface area contributed by atoms with Crippen LogP contribution in [0.2, 0.25) is 5.02 Å². The predicted octanol–water partition coefficient (Wildman–Crippen LogP) is 8.73. The normalized spacial score (nSPS) is 17.8. The molecule has 1 saturated heterocycles. The predicted molar refractivity (Wildman–Crippen MR) is 283 cm³/mol. The summed E-state index contributed by atoms with van der Waals surface area (Å²) in [6.45, 7) is 16.9. The second kappa shape index (κ2) is 21.9. The third kappa shape index (κ3) is 11.8. The van der Waals surface area contributed by atoms with E-state index in [2.05, 4.69) is 45.0 Å². The second-order valence-corrected chi connectivity index (χ2v) is 22.2. The number of benzene rings is 3. The first kappa shape index (κ1) is 52.7. The number of carbonyl (C=O) groups excluding carboxylic acids is 4. The number of hydrogen-bond acceptors (Lipinski definition) is 12. The Kier molecular flexibility index (Phi) is 15.8. The topological polar surface area (TPSA) is 193 Å². The van der Waals surface area contributed by atoms with Crippen molar-refractivity contribution in [1.82, 2.24) is 40.6 Å². The standard InChI is InChI=1S/C54H59ClFN9O6S2/c1-28(25-57-45(68)24-41-50-63-62-33(6)65(50)53-46(29(2)32(5)73-53)47(60-41)36-16-18-38(55)19-17-36)71-43-22-34(10-20-40(43)56)11-21-44(67)61-49(54(7,8)9)52(70)64-26-39(66)23-42(64)51(69)59-30(3)35-12-14-37(15-13-35)48-31(4)58-27-72-48/h10-22,27-28,30,39,41-42,49,66H,23-26H2,1-9H3,(H,57,68)(H,59,69)(H,61,67)/b21-11+/t28-,30-,39+,41-,42-,49+/m0/s1. The second-order valence-electron chi connectivity index (χ2n) is 19.7. The molecule has 0 saturated carbocycles. The first-order valence-electron chi connectivity index (χ1n) is 24.0. The van der Waals surface area contributed by atoms with Gasteiger partial charge in [0.05, 0.1) is 46.9 Å². The van der Waals surface area contributed by atoms with Crippen LogP contribution in [0, 0.1) is 38.9 Å². The van der Waals surface area contributed by atoms with Crippen LogP contribution in [0.25, 0.3) is 21.5 Å². The molecular formula is C54H59ClFN9O6S2. The molecule has 3 aromatic carbocycles. The Morgan fingerprint density at radius 2 is 1.68 bits per heavy atom. The highest BCUT2D eigenvalue weighted by Gasteiger charge is 2.45. The van der Waals surface area contributed by atoms with Crippen LogP contribution in [0.3, 0.4) is 0 Å². The summed E-state index contributed by atoms with van der Waals surface area (Å²) in [5.74, 6) is -1.38. The van der Waals surface area contributed by atoms with Gasteiger partial charge in [-0.05, 0) is 99.6 Å². The van der Waals surface area contributed by atoms with Crippen molar-refractivity contribution >= 4 is 69.7 Å². The van der Waals surface area contributed by atoms with E-state index in [0.29, 0.717) is 22.2 Å². The average molecular weight is 1050 g/mol. The maximum absolute atomic E-state index is 15.2. The Labute approximate surface area is 437 Å². The van der Waals surface area contributed by atoms with Gasteiger partial charge in [0.25, 0.3) is 0 Å². The van der Waals surface area contributed by atoms with E-state index in [0.717, 1.165) is 54.0 Å². The van der Waals surface area contributed by atoms with Crippen molar-refractivity contribution in [2.45, 2.75) is 112 Å². The molecule has 6 aromatic rings. The molecule has 6 atom stereocenters. The number of nitrogens with zero attached hydrogens (tertiary/aromatic N) is 6. The number of nitrogens with one attached hydrogen (secondary N) is 3. The zero-order valence-electron chi connectivity index (χ0n) is 42.1. The van der Waals surface area contributed by atoms with Crippen LogP contribution in [-0.2, 0) is 19.2 Å². The minimum atomic E-state index is -1.07. The van der Waals surface area contributed by atoms with E-state index in [9.17, 15) is 24.3 Å². The lowest BCUT2D eigenvalue weighted by Gasteiger charge is -2.35. The Morgan fingerprint density at radius 1 is 0.973 bits per heavy atom. The Hall–Kier alpha value is -6.60. The summed E-state index contributed by atoms with van der Waals surface area (Å²) >= 11 is 9.43. The maximum atomic E-state index is 15.2. The van der Waals surface area contributed by atoms with Crippen molar-refractivity contribution in [2.75, 3.05) is 13.1 Å². The number of ether oxygens (including phenoxy) is 1. The molecule has 0 aliphatic carbocycles. The van der Waals surface area contributed by atoms with E-state index in [-0.39, 0.29) is 37.6 Å². The van der Waals surface area contributed by atoms with E-state index in [4.69, 9.17) is 21.3 Å². The van der Waals surface area contributed by atoms with Crippen molar-refractivity contribution in [3.8, 4) is 21.2 Å². The number of β-amino-alcohol motifs (C(OH)–C–C–N with tert-alkyl or cyclic N) is 1. The number of likely N-dealkylation sites (tertiary alicyclic amines) is 1. The number of amides is 4. The van der Waals surface area contributed by atoms with E-state index < -0.39 is 65.3 Å². The molecule has 4 N–H and O–H groups in total. The molecule has 5 heterocycles. The van der Waals surface area contributed by atoms with E-state index >= 15 is 4.39 Å². The fraction of sp³-hybridized carbons (Fsp3) is 0.370. The molecule has 2 aliphatic rings. The summed E-state index contributed by atoms with van der Waals surface area (Å²) in [7, 11) is 0. The number of halogens is 2. The molecule has 4 amide bonds. The van der Waals surface area contributed by atoms with Gasteiger partial charge in [0, 0.05) is 40.1 Å². The summed E-state index contributed by atoms with van der Waals surface area (Å²) < 4.78 is 23.1. The van der Waals surface area contributed by atoms with Gasteiger partial charge in [0.15, 0.2) is 17.4 Å². The highest BCUT2D eigenvalue weighted by molar-refractivity contribution is 7.15. The number of carbonyl (C=O) groups is 4. The fourth-order valence-corrected chi connectivity index (χ4v) is 11.1. The van der Waals surface area contributed by atoms with Crippen LogP contribution in [0.1, 0.15) is 110 Å². The van der Waals surface area contributed by atoms with Crippen LogP contribution in [0.15, 0.2) is 83.3 Å². The van der Waals surface area contributed by atoms with Crippen LogP contribution in [0.4, 0.5) is 4.39 Å². The zero-order valence-corrected chi connectivity index (χ0v) is 44.5. The van der Waals surface area contributed by atoms with Gasteiger partial charge in [-0.2, -0.15) is 0 Å². The third-order valence-electron chi connectivity index (χ3n) is 13.1.